The Morgan fingerprint density at radius 2 is 1.93 bits per heavy atom. The third-order valence-electron chi connectivity index (χ3n) is 6.49. The number of hydrogen-bond donors (Lipinski definition) is 0. The first-order valence-corrected chi connectivity index (χ1v) is 10.3. The van der Waals surface area contributed by atoms with Crippen molar-refractivity contribution in [1.82, 2.24) is 9.88 Å². The van der Waals surface area contributed by atoms with E-state index >= 15 is 0 Å². The highest BCUT2D eigenvalue weighted by molar-refractivity contribution is 5.88. The maximum atomic E-state index is 13.5. The Hall–Kier alpha value is -2.91. The van der Waals surface area contributed by atoms with Gasteiger partial charge in [0.1, 0.15) is 18.0 Å². The number of hydrogen-bond acceptors (Lipinski definition) is 5. The molecule has 3 aliphatic rings. The molecule has 29 heavy (non-hydrogen) atoms. The molecule has 1 amide bonds. The molecule has 6 nitrogen and oxygen atoms in total. The van der Waals surface area contributed by atoms with Gasteiger partial charge < -0.3 is 14.5 Å². The summed E-state index contributed by atoms with van der Waals surface area (Å²) in [6, 6.07) is 16.3. The van der Waals surface area contributed by atoms with Gasteiger partial charge in [0.15, 0.2) is 5.60 Å². The number of benzene rings is 1. The summed E-state index contributed by atoms with van der Waals surface area (Å²) >= 11 is 0. The van der Waals surface area contributed by atoms with Crippen LogP contribution in [0, 0.1) is 18.3 Å². The first-order chi connectivity index (χ1) is 14.1. The van der Waals surface area contributed by atoms with E-state index in [4.69, 9.17) is 4.74 Å². The summed E-state index contributed by atoms with van der Waals surface area (Å²) in [7, 11) is 0. The second kappa shape index (κ2) is 6.85. The minimum atomic E-state index is -0.700. The topological polar surface area (TPSA) is 69.5 Å². The van der Waals surface area contributed by atoms with E-state index in [2.05, 4.69) is 28.1 Å². The van der Waals surface area contributed by atoms with Gasteiger partial charge in [0.25, 0.3) is 5.91 Å². The van der Waals surface area contributed by atoms with Crippen LogP contribution in [0.1, 0.15) is 48.7 Å². The number of aryl methyl sites for hydroxylation is 1. The molecule has 0 N–H and O–H groups in total. The lowest BCUT2D eigenvalue weighted by molar-refractivity contribution is -0.140. The van der Waals surface area contributed by atoms with Gasteiger partial charge in [-0.3, -0.25) is 4.79 Å². The van der Waals surface area contributed by atoms with Gasteiger partial charge in [0, 0.05) is 37.3 Å². The minimum Gasteiger partial charge on any atom is -0.371 e. The number of carbonyl (C=O) groups is 1. The van der Waals surface area contributed by atoms with Crippen LogP contribution in [0.4, 0.5) is 5.69 Å². The summed E-state index contributed by atoms with van der Waals surface area (Å²) in [5.41, 5.74) is 2.75. The van der Waals surface area contributed by atoms with Crippen molar-refractivity contribution in [2.45, 2.75) is 50.5 Å². The summed E-state index contributed by atoms with van der Waals surface area (Å²) in [5.74, 6) is 0.150. The van der Waals surface area contributed by atoms with Gasteiger partial charge in [-0.05, 0) is 37.5 Å². The summed E-state index contributed by atoms with van der Waals surface area (Å²) in [5, 5.41) is 9.20. The van der Waals surface area contributed by atoms with Crippen LogP contribution in [0.5, 0.6) is 0 Å². The summed E-state index contributed by atoms with van der Waals surface area (Å²) in [6.07, 6.45) is 3.09. The van der Waals surface area contributed by atoms with Crippen LogP contribution in [-0.2, 0) is 9.53 Å². The summed E-state index contributed by atoms with van der Waals surface area (Å²) < 4.78 is 6.42. The number of fused-ring (bicyclic) bond motifs is 1. The van der Waals surface area contributed by atoms with Crippen molar-refractivity contribution in [2.75, 3.05) is 18.0 Å². The van der Waals surface area contributed by atoms with Gasteiger partial charge in [-0.25, -0.2) is 4.98 Å². The Morgan fingerprint density at radius 1 is 1.17 bits per heavy atom. The molecular formula is C23H24N4O2. The maximum Gasteiger partial charge on any atom is 0.257 e. The number of ether oxygens (including phenoxy) is 1. The van der Waals surface area contributed by atoms with E-state index in [1.165, 1.54) is 5.56 Å². The van der Waals surface area contributed by atoms with Gasteiger partial charge >= 0.3 is 0 Å². The third-order valence-corrected chi connectivity index (χ3v) is 6.49. The fourth-order valence-electron chi connectivity index (χ4n) is 5.06. The van der Waals surface area contributed by atoms with Crippen LogP contribution in [-0.4, -0.2) is 40.7 Å². The highest BCUT2D eigenvalue weighted by Crippen LogP contribution is 2.47. The van der Waals surface area contributed by atoms with Gasteiger partial charge in [0.05, 0.1) is 6.04 Å². The van der Waals surface area contributed by atoms with Gasteiger partial charge in [-0.2, -0.15) is 5.26 Å². The molecule has 0 bridgehead atoms. The number of piperidine rings is 1. The normalized spacial score (nSPS) is 25.3. The second-order valence-corrected chi connectivity index (χ2v) is 8.23. The van der Waals surface area contributed by atoms with Crippen LogP contribution in [0.2, 0.25) is 0 Å². The van der Waals surface area contributed by atoms with Crippen LogP contribution in [0.3, 0.4) is 0 Å². The van der Waals surface area contributed by atoms with E-state index < -0.39 is 5.60 Å². The van der Waals surface area contributed by atoms with Crippen LogP contribution in [0.25, 0.3) is 0 Å². The molecule has 0 radical (unpaired) electrons. The van der Waals surface area contributed by atoms with E-state index in [1.54, 1.807) is 0 Å². The summed E-state index contributed by atoms with van der Waals surface area (Å²) in [6.45, 7) is 3.37. The van der Waals surface area contributed by atoms with Crippen LogP contribution in [0.15, 0.2) is 42.5 Å². The number of rotatable bonds is 2. The lowest BCUT2D eigenvalue weighted by Crippen LogP contribution is -2.50. The molecule has 3 aliphatic heterocycles. The summed E-state index contributed by atoms with van der Waals surface area (Å²) in [4.78, 5) is 21.9. The maximum absolute atomic E-state index is 13.5. The molecule has 6 heteroatoms. The molecule has 2 atom stereocenters. The number of carbonyl (C=O) groups excluding carboxylic acids is 1. The molecule has 1 aromatic heterocycles. The number of aromatic nitrogens is 1. The Bertz CT molecular complexity index is 976. The molecular weight excluding hydrogens is 364 g/mol. The standard InChI is InChI=1S/C23H24N4O2/c1-16-13-19(14-18(15-24)25-16)26-11-9-23(10-12-26)22(28)27-20(7-8-21(27)29-23)17-5-3-2-4-6-17/h2-6,13-14,20-21H,7-12H2,1H3/t20-,21+/m0/s1. The number of pyridine rings is 1. The van der Waals surface area contributed by atoms with Crippen molar-refractivity contribution in [3.05, 3.63) is 59.4 Å². The van der Waals surface area contributed by atoms with Gasteiger partial charge in [0.2, 0.25) is 0 Å². The highest BCUT2D eigenvalue weighted by atomic mass is 16.6. The van der Waals surface area contributed by atoms with E-state index in [0.717, 1.165) is 37.3 Å². The van der Waals surface area contributed by atoms with Crippen molar-refractivity contribution in [1.29, 1.82) is 5.26 Å². The highest BCUT2D eigenvalue weighted by Gasteiger charge is 2.57. The number of nitrogens with zero attached hydrogens (tertiary/aromatic N) is 4. The fraction of sp³-hybridized carbons (Fsp3) is 0.435. The molecule has 2 aromatic rings. The predicted octanol–water partition coefficient (Wildman–Crippen LogP) is 3.32. The molecule has 1 spiro atoms. The van der Waals surface area contributed by atoms with E-state index in [9.17, 15) is 10.1 Å². The number of nitriles is 1. The lowest BCUT2D eigenvalue weighted by Gasteiger charge is -2.38. The van der Waals surface area contributed by atoms with E-state index in [0.29, 0.717) is 18.5 Å². The fourth-order valence-corrected chi connectivity index (χ4v) is 5.06. The number of amides is 1. The van der Waals surface area contributed by atoms with Gasteiger partial charge in [-0.15, -0.1) is 0 Å². The Kier molecular flexibility index (Phi) is 4.29. The molecule has 3 saturated heterocycles. The van der Waals surface area contributed by atoms with Crippen LogP contribution >= 0.6 is 0 Å². The van der Waals surface area contributed by atoms with Crippen molar-refractivity contribution >= 4 is 11.6 Å². The van der Waals surface area contributed by atoms with E-state index in [-0.39, 0.29) is 18.2 Å². The zero-order valence-corrected chi connectivity index (χ0v) is 16.5. The molecule has 1 aromatic carbocycles. The van der Waals surface area contributed by atoms with E-state index in [1.807, 2.05) is 42.2 Å². The van der Waals surface area contributed by atoms with Crippen molar-refractivity contribution in [2.24, 2.45) is 0 Å². The van der Waals surface area contributed by atoms with Crippen molar-refractivity contribution in [3.63, 3.8) is 0 Å². The Labute approximate surface area is 170 Å². The lowest BCUT2D eigenvalue weighted by atomic mass is 9.89. The first-order valence-electron chi connectivity index (χ1n) is 10.3. The smallest absolute Gasteiger partial charge is 0.257 e. The minimum absolute atomic E-state index is 0.104. The molecule has 5 rings (SSSR count). The second-order valence-electron chi connectivity index (χ2n) is 8.23. The first kappa shape index (κ1) is 18.1. The molecule has 148 valence electrons. The predicted molar refractivity (Wildman–Crippen MR) is 108 cm³/mol. The average molecular weight is 388 g/mol. The van der Waals surface area contributed by atoms with Crippen molar-refractivity contribution in [3.8, 4) is 6.07 Å². The molecule has 3 fully saturated rings. The Balaban J connectivity index is 1.34. The molecule has 0 aliphatic carbocycles. The van der Waals surface area contributed by atoms with Gasteiger partial charge in [-0.1, -0.05) is 30.3 Å². The zero-order chi connectivity index (χ0) is 20.0. The third kappa shape index (κ3) is 2.97. The molecule has 4 heterocycles. The Morgan fingerprint density at radius 3 is 2.66 bits per heavy atom. The average Bonchev–Trinajstić information content (AvgIpc) is 3.27. The quantitative estimate of drug-likeness (QED) is 0.789. The number of anilines is 1. The SMILES string of the molecule is Cc1cc(N2CCC3(CC2)O[C@@H]2CC[C@@H](c4ccccc4)N2C3=O)cc(C#N)n1. The molecule has 0 unspecified atom stereocenters. The zero-order valence-electron chi connectivity index (χ0n) is 16.5. The van der Waals surface area contributed by atoms with Crippen LogP contribution < -0.4 is 4.90 Å². The molecule has 0 saturated carbocycles. The van der Waals surface area contributed by atoms with Crippen molar-refractivity contribution < 1.29 is 9.53 Å². The largest absolute Gasteiger partial charge is 0.371 e. The monoisotopic (exact) mass is 388 g/mol.